The van der Waals surface area contributed by atoms with Gasteiger partial charge in [-0.15, -0.1) is 0 Å². The molecule has 22 heavy (non-hydrogen) atoms. The quantitative estimate of drug-likeness (QED) is 0.726. The van der Waals surface area contributed by atoms with Crippen molar-refractivity contribution >= 4 is 17.3 Å². The van der Waals surface area contributed by atoms with Gasteiger partial charge in [0.05, 0.1) is 12.7 Å². The zero-order valence-electron chi connectivity index (χ0n) is 11.7. The Balaban J connectivity index is 1.63. The largest absolute Gasteiger partial charge is 0.439 e. The topological polar surface area (TPSA) is 55.1 Å². The molecule has 0 aliphatic carbocycles. The van der Waals surface area contributed by atoms with E-state index in [1.807, 2.05) is 18.2 Å². The van der Waals surface area contributed by atoms with Crippen LogP contribution in [0.1, 0.15) is 11.5 Å². The number of fused-ring (bicyclic) bond motifs is 1. The Labute approximate surface area is 132 Å². The van der Waals surface area contributed by atoms with E-state index < -0.39 is 0 Å². The van der Waals surface area contributed by atoms with Crippen molar-refractivity contribution in [2.45, 2.75) is 13.0 Å². The summed E-state index contributed by atoms with van der Waals surface area (Å²) in [5, 5.41) is 0.740. The van der Waals surface area contributed by atoms with Crippen LogP contribution < -0.4 is 4.90 Å². The molecule has 0 saturated heterocycles. The van der Waals surface area contributed by atoms with Crippen LogP contribution in [0.4, 0.5) is 5.69 Å². The molecule has 0 radical (unpaired) electrons. The number of rotatable bonds is 2. The second-order valence-corrected chi connectivity index (χ2v) is 5.57. The minimum atomic E-state index is 0.533. The van der Waals surface area contributed by atoms with Crippen molar-refractivity contribution in [1.29, 1.82) is 0 Å². The zero-order valence-corrected chi connectivity index (χ0v) is 12.5. The summed E-state index contributed by atoms with van der Waals surface area (Å²) in [6.45, 7) is 1.59. The van der Waals surface area contributed by atoms with Gasteiger partial charge in [-0.1, -0.05) is 17.7 Å². The van der Waals surface area contributed by atoms with Crippen LogP contribution in [0.15, 0.2) is 47.3 Å². The van der Waals surface area contributed by atoms with Gasteiger partial charge in [-0.2, -0.15) is 0 Å². The lowest BCUT2D eigenvalue weighted by molar-refractivity contribution is 0.498. The van der Waals surface area contributed by atoms with E-state index in [9.17, 15) is 0 Å². The minimum Gasteiger partial charge on any atom is -0.439 e. The molecule has 5 nitrogen and oxygen atoms in total. The fraction of sp³-hybridized carbons (Fsp3) is 0.188. The Morgan fingerprint density at radius 1 is 1.23 bits per heavy atom. The van der Waals surface area contributed by atoms with Crippen LogP contribution >= 0.6 is 11.6 Å². The molecule has 3 heterocycles. The molecule has 1 aliphatic rings. The first-order valence-electron chi connectivity index (χ1n) is 7.05. The predicted octanol–water partition coefficient (Wildman–Crippen LogP) is 3.35. The van der Waals surface area contributed by atoms with Gasteiger partial charge in [0.15, 0.2) is 0 Å². The second-order valence-electron chi connectivity index (χ2n) is 5.13. The number of hydrogen-bond acceptors (Lipinski definition) is 5. The minimum absolute atomic E-state index is 0.533. The Morgan fingerprint density at radius 2 is 2.18 bits per heavy atom. The van der Waals surface area contributed by atoms with E-state index in [1.165, 1.54) is 0 Å². The number of hydrogen-bond donors (Lipinski definition) is 0. The molecule has 4 rings (SSSR count). The number of aromatic nitrogens is 3. The SMILES string of the molecule is Clc1cccc(N2CCc3oc(-c4cnccn4)nc3C2)c1. The van der Waals surface area contributed by atoms with E-state index in [2.05, 4.69) is 25.9 Å². The lowest BCUT2D eigenvalue weighted by Crippen LogP contribution is -2.29. The maximum absolute atomic E-state index is 6.07. The van der Waals surface area contributed by atoms with Crippen molar-refractivity contribution in [3.63, 3.8) is 0 Å². The maximum Gasteiger partial charge on any atom is 0.247 e. The standard InChI is InChI=1S/C16H13ClN4O/c17-11-2-1-3-12(8-11)21-7-4-15-14(10-21)20-16(22-15)13-9-18-5-6-19-13/h1-3,5-6,8-9H,4,7,10H2. The van der Waals surface area contributed by atoms with E-state index >= 15 is 0 Å². The third-order valence-electron chi connectivity index (χ3n) is 3.68. The fourth-order valence-electron chi connectivity index (χ4n) is 2.61. The lowest BCUT2D eigenvalue weighted by Gasteiger charge is -2.27. The monoisotopic (exact) mass is 312 g/mol. The summed E-state index contributed by atoms with van der Waals surface area (Å²) < 4.78 is 5.83. The third-order valence-corrected chi connectivity index (χ3v) is 3.92. The van der Waals surface area contributed by atoms with Gasteiger partial charge in [0, 0.05) is 36.1 Å². The molecule has 3 aromatic rings. The molecule has 0 N–H and O–H groups in total. The molecule has 0 atom stereocenters. The highest BCUT2D eigenvalue weighted by Gasteiger charge is 2.23. The molecule has 0 saturated carbocycles. The summed E-state index contributed by atoms with van der Waals surface area (Å²) in [7, 11) is 0. The summed E-state index contributed by atoms with van der Waals surface area (Å²) in [5.41, 5.74) is 2.71. The average Bonchev–Trinajstić information content (AvgIpc) is 2.99. The summed E-state index contributed by atoms with van der Waals surface area (Å²) >= 11 is 6.07. The molecule has 110 valence electrons. The Bertz CT molecular complexity index is 803. The van der Waals surface area contributed by atoms with E-state index in [0.29, 0.717) is 18.1 Å². The Kier molecular flexibility index (Phi) is 3.27. The van der Waals surface area contributed by atoms with Gasteiger partial charge in [-0.3, -0.25) is 4.98 Å². The Hall–Kier alpha value is -2.40. The van der Waals surface area contributed by atoms with E-state index in [4.69, 9.17) is 16.0 Å². The predicted molar refractivity (Wildman–Crippen MR) is 83.7 cm³/mol. The molecule has 0 unspecified atom stereocenters. The fourth-order valence-corrected chi connectivity index (χ4v) is 2.80. The van der Waals surface area contributed by atoms with Crippen LogP contribution in [0.2, 0.25) is 5.02 Å². The maximum atomic E-state index is 6.07. The van der Waals surface area contributed by atoms with Gasteiger partial charge >= 0.3 is 0 Å². The molecule has 0 bridgehead atoms. The van der Waals surface area contributed by atoms with Crippen molar-refractivity contribution in [2.24, 2.45) is 0 Å². The number of oxazole rings is 1. The van der Waals surface area contributed by atoms with Crippen LogP contribution in [0.5, 0.6) is 0 Å². The summed E-state index contributed by atoms with van der Waals surface area (Å²) in [4.78, 5) is 15.1. The van der Waals surface area contributed by atoms with Gasteiger partial charge in [-0.25, -0.2) is 9.97 Å². The molecule has 0 fully saturated rings. The van der Waals surface area contributed by atoms with E-state index in [1.54, 1.807) is 18.6 Å². The number of anilines is 1. The van der Waals surface area contributed by atoms with Gasteiger partial charge in [0.1, 0.15) is 17.1 Å². The first kappa shape index (κ1) is 13.3. The normalized spacial score (nSPS) is 14.0. The molecular formula is C16H13ClN4O. The van der Waals surface area contributed by atoms with E-state index in [0.717, 1.165) is 35.1 Å². The first-order chi connectivity index (χ1) is 10.8. The van der Waals surface area contributed by atoms with Crippen LogP contribution in [0.25, 0.3) is 11.6 Å². The average molecular weight is 313 g/mol. The summed E-state index contributed by atoms with van der Waals surface area (Å²) in [5.74, 6) is 1.46. The van der Waals surface area contributed by atoms with Crippen molar-refractivity contribution < 1.29 is 4.42 Å². The van der Waals surface area contributed by atoms with Crippen LogP contribution in [0, 0.1) is 0 Å². The highest BCUT2D eigenvalue weighted by Crippen LogP contribution is 2.28. The highest BCUT2D eigenvalue weighted by atomic mass is 35.5. The third kappa shape index (κ3) is 2.44. The number of halogens is 1. The summed E-state index contributed by atoms with van der Waals surface area (Å²) in [6.07, 6.45) is 5.74. The van der Waals surface area contributed by atoms with Crippen molar-refractivity contribution in [3.8, 4) is 11.6 Å². The molecule has 1 aromatic carbocycles. The van der Waals surface area contributed by atoms with Crippen molar-refractivity contribution in [3.05, 3.63) is 59.3 Å². The molecular weight excluding hydrogens is 300 g/mol. The van der Waals surface area contributed by atoms with Crippen LogP contribution in [-0.2, 0) is 13.0 Å². The highest BCUT2D eigenvalue weighted by molar-refractivity contribution is 6.30. The van der Waals surface area contributed by atoms with Gasteiger partial charge in [0.25, 0.3) is 0 Å². The molecule has 0 amide bonds. The smallest absolute Gasteiger partial charge is 0.247 e. The van der Waals surface area contributed by atoms with E-state index in [-0.39, 0.29) is 0 Å². The lowest BCUT2D eigenvalue weighted by atomic mass is 10.1. The molecule has 1 aliphatic heterocycles. The number of benzene rings is 1. The van der Waals surface area contributed by atoms with Crippen LogP contribution in [-0.4, -0.2) is 21.5 Å². The first-order valence-corrected chi connectivity index (χ1v) is 7.43. The zero-order chi connectivity index (χ0) is 14.9. The molecule has 2 aromatic heterocycles. The van der Waals surface area contributed by atoms with Gasteiger partial charge in [-0.05, 0) is 18.2 Å². The van der Waals surface area contributed by atoms with Crippen molar-refractivity contribution in [1.82, 2.24) is 15.0 Å². The van der Waals surface area contributed by atoms with Crippen LogP contribution in [0.3, 0.4) is 0 Å². The molecule has 6 heteroatoms. The van der Waals surface area contributed by atoms with Gasteiger partial charge < -0.3 is 9.32 Å². The molecule has 0 spiro atoms. The number of nitrogens with zero attached hydrogens (tertiary/aromatic N) is 4. The second kappa shape index (κ2) is 5.42. The van der Waals surface area contributed by atoms with Gasteiger partial charge in [0.2, 0.25) is 5.89 Å². The summed E-state index contributed by atoms with van der Waals surface area (Å²) in [6, 6.07) is 7.86. The Morgan fingerprint density at radius 3 is 3.00 bits per heavy atom. The van der Waals surface area contributed by atoms with Crippen molar-refractivity contribution in [2.75, 3.05) is 11.4 Å².